The van der Waals surface area contributed by atoms with Crippen LogP contribution in [0.25, 0.3) is 5.32 Å². The van der Waals surface area contributed by atoms with Crippen LogP contribution in [0.2, 0.25) is 0 Å². The third-order valence-electron chi connectivity index (χ3n) is 6.12. The summed E-state index contributed by atoms with van der Waals surface area (Å²) in [6.07, 6.45) is 13.5. The van der Waals surface area contributed by atoms with Crippen LogP contribution in [-0.4, -0.2) is 12.1 Å². The van der Waals surface area contributed by atoms with Gasteiger partial charge in [0.1, 0.15) is 0 Å². The highest BCUT2D eigenvalue weighted by atomic mass is 15.0. The summed E-state index contributed by atoms with van der Waals surface area (Å²) in [7, 11) is 0. The van der Waals surface area contributed by atoms with Crippen LogP contribution in [0.15, 0.2) is 0 Å². The van der Waals surface area contributed by atoms with E-state index in [1.54, 1.807) is 6.42 Å². The van der Waals surface area contributed by atoms with E-state index < -0.39 is 0 Å². The highest BCUT2D eigenvalue weighted by molar-refractivity contribution is 5.21. The Hall–Kier alpha value is -0.0400. The Morgan fingerprint density at radius 2 is 1.44 bits per heavy atom. The fraction of sp³-hybridized carbons (Fsp3) is 1.00. The standard InChI is InChI=1S/C15H24N/c1-2-6-11-10(5-1)9-13-12-7-3-4-8-14(12)16-15(11)13/h10-15H,1-9H2/q-1. The summed E-state index contributed by atoms with van der Waals surface area (Å²) < 4.78 is 0. The Morgan fingerprint density at radius 1 is 0.688 bits per heavy atom. The molecular formula is C15H24N-. The first-order valence-electron chi connectivity index (χ1n) is 7.63. The van der Waals surface area contributed by atoms with Gasteiger partial charge >= 0.3 is 0 Å². The van der Waals surface area contributed by atoms with E-state index in [1.807, 2.05) is 0 Å². The lowest BCUT2D eigenvalue weighted by atomic mass is 9.78. The predicted molar refractivity (Wildman–Crippen MR) is 66.4 cm³/mol. The summed E-state index contributed by atoms with van der Waals surface area (Å²) in [4.78, 5) is 0. The molecule has 4 rings (SSSR count). The Labute approximate surface area is 99.4 Å². The molecule has 0 aromatic rings. The maximum Gasteiger partial charge on any atom is -0.0397 e. The van der Waals surface area contributed by atoms with Crippen LogP contribution < -0.4 is 0 Å². The molecular weight excluding hydrogens is 194 g/mol. The summed E-state index contributed by atoms with van der Waals surface area (Å²) in [6.45, 7) is 0. The minimum atomic E-state index is 0.798. The van der Waals surface area contributed by atoms with Crippen molar-refractivity contribution < 1.29 is 0 Å². The predicted octanol–water partition coefficient (Wildman–Crippen LogP) is 4.13. The molecule has 0 amide bonds. The highest BCUT2D eigenvalue weighted by Crippen LogP contribution is 2.58. The zero-order valence-electron chi connectivity index (χ0n) is 10.3. The quantitative estimate of drug-likeness (QED) is 0.580. The number of hydrogen-bond acceptors (Lipinski definition) is 0. The van der Waals surface area contributed by atoms with Crippen molar-refractivity contribution in [3.05, 3.63) is 5.32 Å². The van der Waals surface area contributed by atoms with Crippen molar-refractivity contribution in [3.8, 4) is 0 Å². The lowest BCUT2D eigenvalue weighted by Crippen LogP contribution is -2.23. The van der Waals surface area contributed by atoms with E-state index in [2.05, 4.69) is 0 Å². The summed E-state index contributed by atoms with van der Waals surface area (Å²) in [5.74, 6) is 4.14. The molecule has 90 valence electrons. The molecule has 0 spiro atoms. The number of nitrogens with zero attached hydrogens (tertiary/aromatic N) is 1. The fourth-order valence-corrected chi connectivity index (χ4v) is 5.48. The first-order chi connectivity index (χ1) is 7.93. The SMILES string of the molecule is C1CCC2C(C1)CC1C3CCCCC3[N-]C21. The molecule has 4 aliphatic rings. The summed E-state index contributed by atoms with van der Waals surface area (Å²) in [5.41, 5.74) is 0. The molecule has 0 aromatic heterocycles. The zero-order chi connectivity index (χ0) is 10.5. The second-order valence-electron chi connectivity index (χ2n) is 6.76. The van der Waals surface area contributed by atoms with Gasteiger partial charge in [0.2, 0.25) is 0 Å². The van der Waals surface area contributed by atoms with E-state index >= 15 is 0 Å². The summed E-state index contributed by atoms with van der Waals surface area (Å²) in [6, 6.07) is 1.62. The van der Waals surface area contributed by atoms with E-state index in [4.69, 9.17) is 5.32 Å². The molecule has 0 N–H and O–H groups in total. The number of fused-ring (bicyclic) bond motifs is 5. The van der Waals surface area contributed by atoms with Gasteiger partial charge in [-0.2, -0.15) is 0 Å². The molecule has 1 aliphatic heterocycles. The Morgan fingerprint density at radius 3 is 2.38 bits per heavy atom. The van der Waals surface area contributed by atoms with Gasteiger partial charge in [0.15, 0.2) is 0 Å². The molecule has 0 radical (unpaired) electrons. The van der Waals surface area contributed by atoms with Gasteiger partial charge in [-0.3, -0.25) is 0 Å². The molecule has 3 aliphatic carbocycles. The first kappa shape index (κ1) is 9.94. The van der Waals surface area contributed by atoms with Gasteiger partial charge in [-0.15, -0.1) is 12.1 Å². The molecule has 1 nitrogen and oxygen atoms in total. The van der Waals surface area contributed by atoms with E-state index in [0.29, 0.717) is 0 Å². The van der Waals surface area contributed by atoms with Crippen LogP contribution in [0.1, 0.15) is 57.8 Å². The average Bonchev–Trinajstić information content (AvgIpc) is 2.85. The number of rotatable bonds is 0. The van der Waals surface area contributed by atoms with E-state index in [-0.39, 0.29) is 0 Å². The molecule has 6 unspecified atom stereocenters. The molecule has 1 heterocycles. The summed E-state index contributed by atoms with van der Waals surface area (Å²) >= 11 is 0. The van der Waals surface area contributed by atoms with E-state index in [9.17, 15) is 0 Å². The summed E-state index contributed by atoms with van der Waals surface area (Å²) in [5, 5.41) is 5.26. The van der Waals surface area contributed by atoms with Gasteiger partial charge in [0, 0.05) is 0 Å². The lowest BCUT2D eigenvalue weighted by Gasteiger charge is -2.40. The van der Waals surface area contributed by atoms with Crippen molar-refractivity contribution in [2.24, 2.45) is 23.7 Å². The maximum atomic E-state index is 5.26. The highest BCUT2D eigenvalue weighted by Gasteiger charge is 2.46. The van der Waals surface area contributed by atoms with Crippen molar-refractivity contribution in [2.75, 3.05) is 0 Å². The fourth-order valence-electron chi connectivity index (χ4n) is 5.48. The molecule has 0 bridgehead atoms. The molecule has 16 heavy (non-hydrogen) atoms. The van der Waals surface area contributed by atoms with Crippen molar-refractivity contribution in [1.82, 2.24) is 0 Å². The van der Waals surface area contributed by atoms with Gasteiger partial charge in [-0.1, -0.05) is 69.1 Å². The zero-order valence-corrected chi connectivity index (χ0v) is 10.3. The maximum absolute atomic E-state index is 5.26. The van der Waals surface area contributed by atoms with Gasteiger partial charge in [0.05, 0.1) is 0 Å². The Kier molecular flexibility index (Phi) is 2.32. The lowest BCUT2D eigenvalue weighted by molar-refractivity contribution is 0.252. The van der Waals surface area contributed by atoms with Crippen molar-refractivity contribution in [3.63, 3.8) is 0 Å². The smallest absolute Gasteiger partial charge is 0.0397 e. The van der Waals surface area contributed by atoms with Crippen molar-refractivity contribution >= 4 is 0 Å². The largest absolute Gasteiger partial charge is 0.656 e. The van der Waals surface area contributed by atoms with Crippen molar-refractivity contribution in [1.29, 1.82) is 0 Å². The Balaban J connectivity index is 1.57. The van der Waals surface area contributed by atoms with Crippen molar-refractivity contribution in [2.45, 2.75) is 69.9 Å². The second-order valence-corrected chi connectivity index (χ2v) is 6.76. The van der Waals surface area contributed by atoms with Crippen LogP contribution >= 0.6 is 0 Å². The number of hydrogen-bond donors (Lipinski definition) is 0. The van der Waals surface area contributed by atoms with E-state index in [0.717, 1.165) is 35.8 Å². The molecule has 0 aromatic carbocycles. The third kappa shape index (κ3) is 1.33. The molecule has 4 fully saturated rings. The normalized spacial score (nSPS) is 55.5. The molecule has 3 saturated carbocycles. The van der Waals surface area contributed by atoms with Gasteiger partial charge in [-0.25, -0.2) is 0 Å². The van der Waals surface area contributed by atoms with Gasteiger partial charge in [0.25, 0.3) is 0 Å². The van der Waals surface area contributed by atoms with Crippen LogP contribution in [0.5, 0.6) is 0 Å². The average molecular weight is 218 g/mol. The van der Waals surface area contributed by atoms with Crippen LogP contribution in [0, 0.1) is 23.7 Å². The van der Waals surface area contributed by atoms with Gasteiger partial charge < -0.3 is 5.32 Å². The Bertz CT molecular complexity index is 247. The monoisotopic (exact) mass is 218 g/mol. The van der Waals surface area contributed by atoms with E-state index in [1.165, 1.54) is 51.4 Å². The second kappa shape index (κ2) is 3.73. The minimum absolute atomic E-state index is 0.798. The molecule has 1 heteroatoms. The third-order valence-corrected chi connectivity index (χ3v) is 6.12. The van der Waals surface area contributed by atoms with Crippen LogP contribution in [0.4, 0.5) is 0 Å². The first-order valence-corrected chi connectivity index (χ1v) is 7.63. The van der Waals surface area contributed by atoms with Crippen LogP contribution in [-0.2, 0) is 0 Å². The topological polar surface area (TPSA) is 14.1 Å². The van der Waals surface area contributed by atoms with Crippen LogP contribution in [0.3, 0.4) is 0 Å². The minimum Gasteiger partial charge on any atom is -0.656 e. The van der Waals surface area contributed by atoms with Gasteiger partial charge in [-0.05, 0) is 12.3 Å². The molecule has 6 atom stereocenters. The molecule has 1 saturated heterocycles.